The first-order chi connectivity index (χ1) is 21.6. The van der Waals surface area contributed by atoms with Crippen LogP contribution in [0.25, 0.3) is 22.4 Å². The molecule has 0 aliphatic carbocycles. The fraction of sp³-hybridized carbons (Fsp3) is 0.294. The number of anilines is 1. The van der Waals surface area contributed by atoms with Gasteiger partial charge in [-0.2, -0.15) is 18.2 Å². The Balaban J connectivity index is 1.52. The summed E-state index contributed by atoms with van der Waals surface area (Å²) in [7, 11) is 0. The van der Waals surface area contributed by atoms with Crippen molar-refractivity contribution in [3.63, 3.8) is 0 Å². The summed E-state index contributed by atoms with van der Waals surface area (Å²) < 4.78 is 53.3. The number of Topliss-reactive ketones (excluding diaryl/α,β-unsaturated/α-hetero) is 1. The third kappa shape index (κ3) is 9.27. The average Bonchev–Trinajstić information content (AvgIpc) is 2.98. The molecule has 0 aliphatic rings. The van der Waals surface area contributed by atoms with Gasteiger partial charge in [-0.15, -0.1) is 0 Å². The van der Waals surface area contributed by atoms with Gasteiger partial charge in [-0.25, -0.2) is 9.78 Å². The van der Waals surface area contributed by atoms with E-state index >= 15 is 0 Å². The number of carbonyl (C=O) groups is 2. The number of hydrogen-bond acceptors (Lipinski definition) is 8. The summed E-state index contributed by atoms with van der Waals surface area (Å²) in [6.45, 7) is 6.35. The Hall–Kier alpha value is -4.97. The van der Waals surface area contributed by atoms with Crippen molar-refractivity contribution in [2.75, 3.05) is 5.73 Å². The molecule has 4 N–H and O–H groups in total. The zero-order chi connectivity index (χ0) is 33.6. The van der Waals surface area contributed by atoms with Gasteiger partial charge in [0.2, 0.25) is 17.9 Å². The highest BCUT2D eigenvalue weighted by molar-refractivity contribution is 5.85. The monoisotopic (exact) mass is 636 g/mol. The second-order valence-corrected chi connectivity index (χ2v) is 11.7. The number of amides is 1. The number of aliphatic hydroxyl groups is 1. The van der Waals surface area contributed by atoms with Crippen LogP contribution in [0.5, 0.6) is 5.88 Å². The molecular formula is C34H35F3N4O5. The number of halogens is 3. The minimum atomic E-state index is -4.78. The number of hydrogen-bond donors (Lipinski definition) is 3. The van der Waals surface area contributed by atoms with Crippen molar-refractivity contribution in [3.05, 3.63) is 95.6 Å². The first-order valence-electron chi connectivity index (χ1n) is 14.4. The molecule has 1 aromatic heterocycles. The quantitative estimate of drug-likeness (QED) is 0.177. The maximum Gasteiger partial charge on any atom is 0.429 e. The Kier molecular flexibility index (Phi) is 10.3. The van der Waals surface area contributed by atoms with Crippen LogP contribution in [-0.4, -0.2) is 44.8 Å². The molecule has 0 spiro atoms. The molecule has 0 saturated carbocycles. The van der Waals surface area contributed by atoms with Gasteiger partial charge in [-0.05, 0) is 62.4 Å². The molecule has 0 aliphatic heterocycles. The molecular weight excluding hydrogens is 601 g/mol. The highest BCUT2D eigenvalue weighted by atomic mass is 19.4. The van der Waals surface area contributed by atoms with Crippen LogP contribution in [0.2, 0.25) is 0 Å². The van der Waals surface area contributed by atoms with E-state index in [0.29, 0.717) is 22.3 Å². The van der Waals surface area contributed by atoms with Crippen molar-refractivity contribution in [1.82, 2.24) is 15.3 Å². The molecule has 0 saturated heterocycles. The van der Waals surface area contributed by atoms with Crippen LogP contribution in [0.15, 0.2) is 78.9 Å². The fourth-order valence-electron chi connectivity index (χ4n) is 4.59. The van der Waals surface area contributed by atoms with E-state index in [1.165, 1.54) is 25.1 Å². The number of rotatable bonds is 10. The number of alkyl carbamates (subject to hydrolysis) is 1. The summed E-state index contributed by atoms with van der Waals surface area (Å²) >= 11 is 0. The fourth-order valence-corrected chi connectivity index (χ4v) is 4.59. The van der Waals surface area contributed by atoms with E-state index in [1.807, 2.05) is 0 Å². The summed E-state index contributed by atoms with van der Waals surface area (Å²) in [6.07, 6.45) is -7.64. The molecule has 12 heteroatoms. The lowest BCUT2D eigenvalue weighted by molar-refractivity contribution is -0.198. The van der Waals surface area contributed by atoms with Crippen LogP contribution >= 0.6 is 0 Å². The second-order valence-electron chi connectivity index (χ2n) is 11.7. The van der Waals surface area contributed by atoms with E-state index < -0.39 is 30.0 Å². The third-order valence-electron chi connectivity index (χ3n) is 6.78. The SMILES string of the molecule is CC(=O)[C@H](Cc1ccc(-c2cc(O[C@H](c3ccc(-c4cccc(CO)c4)cc3)C(F)(F)F)nc(N)n2)cc1)NC(=O)OC(C)(C)C. The number of ketones is 1. The zero-order valence-corrected chi connectivity index (χ0v) is 25.8. The van der Waals surface area contributed by atoms with Gasteiger partial charge < -0.3 is 25.6 Å². The molecule has 1 heterocycles. The molecule has 3 aromatic carbocycles. The van der Waals surface area contributed by atoms with Crippen LogP contribution in [0, 0.1) is 0 Å². The molecule has 4 aromatic rings. The number of alkyl halides is 3. The van der Waals surface area contributed by atoms with Crippen LogP contribution in [-0.2, 0) is 22.6 Å². The minimum Gasteiger partial charge on any atom is -0.460 e. The molecule has 0 unspecified atom stereocenters. The van der Waals surface area contributed by atoms with Crippen molar-refractivity contribution in [3.8, 4) is 28.3 Å². The maximum atomic E-state index is 14.2. The third-order valence-corrected chi connectivity index (χ3v) is 6.78. The van der Waals surface area contributed by atoms with Crippen LogP contribution < -0.4 is 15.8 Å². The highest BCUT2D eigenvalue weighted by Gasteiger charge is 2.43. The van der Waals surface area contributed by atoms with E-state index in [0.717, 1.165) is 5.56 Å². The second kappa shape index (κ2) is 14.0. The Bertz CT molecular complexity index is 1670. The number of nitrogens with two attached hydrogens (primary N) is 1. The number of nitrogens with zero attached hydrogens (tertiary/aromatic N) is 2. The summed E-state index contributed by atoms with van der Waals surface area (Å²) in [6, 6.07) is 20.0. The summed E-state index contributed by atoms with van der Waals surface area (Å²) in [5.74, 6) is -0.910. The summed E-state index contributed by atoms with van der Waals surface area (Å²) in [4.78, 5) is 32.4. The van der Waals surface area contributed by atoms with Crippen molar-refractivity contribution in [2.45, 2.75) is 64.6 Å². The number of nitrogens with one attached hydrogen (secondary N) is 1. The predicted molar refractivity (Wildman–Crippen MR) is 167 cm³/mol. The number of ether oxygens (including phenoxy) is 2. The van der Waals surface area contributed by atoms with Gasteiger partial charge in [0.25, 0.3) is 0 Å². The summed E-state index contributed by atoms with van der Waals surface area (Å²) in [5.41, 5.74) is 8.54. The molecule has 4 rings (SSSR count). The number of carbonyl (C=O) groups excluding carboxylic acids is 2. The van der Waals surface area contributed by atoms with Gasteiger partial charge in [0.15, 0.2) is 5.78 Å². The molecule has 46 heavy (non-hydrogen) atoms. The van der Waals surface area contributed by atoms with Gasteiger partial charge in [-0.1, -0.05) is 66.7 Å². The number of nitrogen functional groups attached to an aromatic ring is 1. The van der Waals surface area contributed by atoms with Gasteiger partial charge in [0.05, 0.1) is 18.3 Å². The number of benzene rings is 3. The lowest BCUT2D eigenvalue weighted by atomic mass is 10.00. The van der Waals surface area contributed by atoms with Crippen molar-refractivity contribution < 1.29 is 37.3 Å². The van der Waals surface area contributed by atoms with Crippen LogP contribution in [0.4, 0.5) is 23.9 Å². The van der Waals surface area contributed by atoms with Gasteiger partial charge in [0, 0.05) is 17.2 Å². The first-order valence-corrected chi connectivity index (χ1v) is 14.4. The normalized spacial score (nSPS) is 13.0. The Morgan fingerprint density at radius 2 is 1.54 bits per heavy atom. The molecule has 9 nitrogen and oxygen atoms in total. The highest BCUT2D eigenvalue weighted by Crippen LogP contribution is 2.38. The molecule has 0 fully saturated rings. The van der Waals surface area contributed by atoms with E-state index in [-0.39, 0.29) is 41.9 Å². The predicted octanol–water partition coefficient (Wildman–Crippen LogP) is 6.59. The summed E-state index contributed by atoms with van der Waals surface area (Å²) in [5, 5.41) is 12.0. The number of aromatic nitrogens is 2. The molecule has 242 valence electrons. The van der Waals surface area contributed by atoms with Crippen molar-refractivity contribution >= 4 is 17.8 Å². The standard InChI is InChI=1S/C34H35F3N4O5/c1-20(43)27(40-32(44)46-33(2,3)4)17-21-8-10-24(11-9-21)28-18-29(41-31(38)39-28)45-30(34(35,36)37)25-14-12-23(13-15-25)26-7-5-6-22(16-26)19-42/h5-16,18,27,30,42H,17,19H2,1-4H3,(H,40,44)(H2,38,39,41)/t27-,30+/m0/s1. The van der Waals surface area contributed by atoms with Crippen LogP contribution in [0.3, 0.4) is 0 Å². The first kappa shape index (κ1) is 33.9. The topological polar surface area (TPSA) is 137 Å². The lowest BCUT2D eigenvalue weighted by Crippen LogP contribution is -2.43. The molecule has 1 amide bonds. The molecule has 2 atom stereocenters. The van der Waals surface area contributed by atoms with Crippen molar-refractivity contribution in [1.29, 1.82) is 0 Å². The Morgan fingerprint density at radius 1 is 0.891 bits per heavy atom. The van der Waals surface area contributed by atoms with E-state index in [4.69, 9.17) is 15.2 Å². The van der Waals surface area contributed by atoms with Crippen molar-refractivity contribution in [2.24, 2.45) is 0 Å². The van der Waals surface area contributed by atoms with E-state index in [9.17, 15) is 27.9 Å². The van der Waals surface area contributed by atoms with Gasteiger partial charge in [0.1, 0.15) is 5.60 Å². The molecule has 0 bridgehead atoms. The Labute approximate surface area is 264 Å². The zero-order valence-electron chi connectivity index (χ0n) is 25.8. The number of aliphatic hydroxyl groups excluding tert-OH is 1. The average molecular weight is 637 g/mol. The minimum absolute atomic E-state index is 0.141. The van der Waals surface area contributed by atoms with Gasteiger partial charge >= 0.3 is 12.3 Å². The van der Waals surface area contributed by atoms with E-state index in [2.05, 4.69) is 15.3 Å². The lowest BCUT2D eigenvalue weighted by Gasteiger charge is -2.22. The van der Waals surface area contributed by atoms with Crippen LogP contribution in [0.1, 0.15) is 50.5 Å². The Morgan fingerprint density at radius 3 is 2.13 bits per heavy atom. The smallest absolute Gasteiger partial charge is 0.429 e. The van der Waals surface area contributed by atoms with E-state index in [1.54, 1.807) is 81.4 Å². The van der Waals surface area contributed by atoms with Gasteiger partial charge in [-0.3, -0.25) is 4.79 Å². The maximum absolute atomic E-state index is 14.2. The largest absolute Gasteiger partial charge is 0.460 e. The molecule has 0 radical (unpaired) electrons.